The highest BCUT2D eigenvalue weighted by Crippen LogP contribution is 2.40. The Kier molecular flexibility index (Phi) is 5.02. The van der Waals surface area contributed by atoms with E-state index < -0.39 is 0 Å². The Balaban J connectivity index is 1.76. The van der Waals surface area contributed by atoms with Crippen molar-refractivity contribution in [2.45, 2.75) is 64.0 Å². The molecular formula is C14H27NS. The van der Waals surface area contributed by atoms with Crippen LogP contribution in [0.5, 0.6) is 0 Å². The molecule has 4 atom stereocenters. The minimum Gasteiger partial charge on any atom is -0.311 e. The van der Waals surface area contributed by atoms with Gasteiger partial charge in [-0.2, -0.15) is 11.8 Å². The summed E-state index contributed by atoms with van der Waals surface area (Å²) >= 11 is 1.96. The van der Waals surface area contributed by atoms with Gasteiger partial charge in [-0.25, -0.2) is 0 Å². The van der Waals surface area contributed by atoms with E-state index in [1.807, 2.05) is 11.8 Å². The molecule has 0 aliphatic heterocycles. The quantitative estimate of drug-likeness (QED) is 0.805. The van der Waals surface area contributed by atoms with Gasteiger partial charge in [0.2, 0.25) is 0 Å². The highest BCUT2D eigenvalue weighted by molar-refractivity contribution is 7.98. The Bertz CT molecular complexity index is 207. The lowest BCUT2D eigenvalue weighted by Crippen LogP contribution is -2.43. The third-order valence-electron chi connectivity index (χ3n) is 4.48. The maximum absolute atomic E-state index is 3.83. The number of hydrogen-bond acceptors (Lipinski definition) is 2. The highest BCUT2D eigenvalue weighted by atomic mass is 32.2. The fourth-order valence-corrected chi connectivity index (χ4v) is 4.32. The van der Waals surface area contributed by atoms with Crippen molar-refractivity contribution >= 4 is 11.8 Å². The lowest BCUT2D eigenvalue weighted by Gasteiger charge is -2.40. The molecule has 0 radical (unpaired) electrons. The predicted molar refractivity (Wildman–Crippen MR) is 74.1 cm³/mol. The van der Waals surface area contributed by atoms with E-state index in [-0.39, 0.29) is 0 Å². The number of nitrogens with one attached hydrogen (secondary N) is 1. The average Bonchev–Trinajstić information content (AvgIpc) is 2.29. The Hall–Kier alpha value is 0.310. The molecule has 0 aromatic carbocycles. The van der Waals surface area contributed by atoms with E-state index in [1.54, 1.807) is 0 Å². The standard InChI is InChI=1S/C14H27NS/c1-11(10-16-2)15-14-8-7-12-5-3-4-6-13(12)9-14/h11-15H,3-10H2,1-2H3. The minimum atomic E-state index is 0.695. The first-order valence-electron chi connectivity index (χ1n) is 7.04. The Morgan fingerprint density at radius 3 is 2.62 bits per heavy atom. The molecule has 1 N–H and O–H groups in total. The van der Waals surface area contributed by atoms with E-state index in [2.05, 4.69) is 18.5 Å². The maximum Gasteiger partial charge on any atom is 0.0132 e. The zero-order valence-electron chi connectivity index (χ0n) is 10.9. The van der Waals surface area contributed by atoms with E-state index in [9.17, 15) is 0 Å². The van der Waals surface area contributed by atoms with Crippen molar-refractivity contribution in [3.05, 3.63) is 0 Å². The summed E-state index contributed by atoms with van der Waals surface area (Å²) in [4.78, 5) is 0. The summed E-state index contributed by atoms with van der Waals surface area (Å²) in [6, 6.07) is 1.52. The van der Waals surface area contributed by atoms with Crippen LogP contribution >= 0.6 is 11.8 Å². The molecule has 2 fully saturated rings. The minimum absolute atomic E-state index is 0.695. The van der Waals surface area contributed by atoms with Crippen LogP contribution in [0.2, 0.25) is 0 Å². The molecule has 0 aromatic heterocycles. The average molecular weight is 241 g/mol. The number of thioether (sulfide) groups is 1. The molecule has 0 saturated heterocycles. The van der Waals surface area contributed by atoms with Crippen LogP contribution in [0, 0.1) is 11.8 Å². The molecule has 2 saturated carbocycles. The van der Waals surface area contributed by atoms with Crippen LogP contribution in [0.4, 0.5) is 0 Å². The molecule has 2 aliphatic rings. The molecule has 2 aliphatic carbocycles. The lowest BCUT2D eigenvalue weighted by molar-refractivity contribution is 0.140. The summed E-state index contributed by atoms with van der Waals surface area (Å²) in [5.41, 5.74) is 0. The van der Waals surface area contributed by atoms with Gasteiger partial charge in [0, 0.05) is 17.8 Å². The van der Waals surface area contributed by atoms with Crippen LogP contribution in [0.3, 0.4) is 0 Å². The van der Waals surface area contributed by atoms with Gasteiger partial charge >= 0.3 is 0 Å². The third-order valence-corrected chi connectivity index (χ3v) is 5.31. The van der Waals surface area contributed by atoms with Crippen LogP contribution in [0.25, 0.3) is 0 Å². The molecule has 16 heavy (non-hydrogen) atoms. The van der Waals surface area contributed by atoms with Crippen molar-refractivity contribution in [2.75, 3.05) is 12.0 Å². The fourth-order valence-electron chi connectivity index (χ4n) is 3.73. The monoisotopic (exact) mass is 241 g/mol. The van der Waals surface area contributed by atoms with Crippen molar-refractivity contribution in [1.29, 1.82) is 0 Å². The number of fused-ring (bicyclic) bond motifs is 1. The molecule has 0 spiro atoms. The summed E-state index contributed by atoms with van der Waals surface area (Å²) in [6.07, 6.45) is 12.6. The molecule has 94 valence electrons. The molecular weight excluding hydrogens is 214 g/mol. The molecule has 0 amide bonds. The molecule has 2 rings (SSSR count). The van der Waals surface area contributed by atoms with Crippen molar-refractivity contribution in [3.63, 3.8) is 0 Å². The second-order valence-electron chi connectivity index (χ2n) is 5.84. The second kappa shape index (κ2) is 6.30. The lowest BCUT2D eigenvalue weighted by atomic mass is 9.69. The van der Waals surface area contributed by atoms with Crippen molar-refractivity contribution in [2.24, 2.45) is 11.8 Å². The molecule has 0 bridgehead atoms. The first-order chi connectivity index (χ1) is 7.79. The topological polar surface area (TPSA) is 12.0 Å². The van der Waals surface area contributed by atoms with Gasteiger partial charge in [0.15, 0.2) is 0 Å². The summed E-state index contributed by atoms with van der Waals surface area (Å²) in [6.45, 7) is 2.34. The number of hydrogen-bond donors (Lipinski definition) is 1. The Morgan fingerprint density at radius 1 is 1.12 bits per heavy atom. The predicted octanol–water partition coefficient (Wildman–Crippen LogP) is 3.69. The van der Waals surface area contributed by atoms with Gasteiger partial charge in [-0.05, 0) is 44.3 Å². The number of rotatable bonds is 4. The van der Waals surface area contributed by atoms with E-state index in [0.717, 1.165) is 17.9 Å². The molecule has 0 heterocycles. The fraction of sp³-hybridized carbons (Fsp3) is 1.00. The van der Waals surface area contributed by atoms with E-state index in [1.165, 1.54) is 50.7 Å². The molecule has 4 unspecified atom stereocenters. The van der Waals surface area contributed by atoms with Crippen molar-refractivity contribution in [1.82, 2.24) is 5.32 Å². The van der Waals surface area contributed by atoms with Crippen LogP contribution in [-0.2, 0) is 0 Å². The second-order valence-corrected chi connectivity index (χ2v) is 6.75. The first kappa shape index (κ1) is 12.8. The largest absolute Gasteiger partial charge is 0.311 e. The third kappa shape index (κ3) is 3.40. The Labute approximate surface area is 105 Å². The van der Waals surface area contributed by atoms with E-state index >= 15 is 0 Å². The normalized spacial score (nSPS) is 36.8. The van der Waals surface area contributed by atoms with E-state index in [4.69, 9.17) is 0 Å². The summed E-state index contributed by atoms with van der Waals surface area (Å²) in [7, 11) is 0. The van der Waals surface area contributed by atoms with Crippen molar-refractivity contribution < 1.29 is 0 Å². The first-order valence-corrected chi connectivity index (χ1v) is 8.44. The SMILES string of the molecule is CSCC(C)NC1CCC2CCCCC2C1. The van der Waals surface area contributed by atoms with Gasteiger partial charge in [0.25, 0.3) is 0 Å². The molecule has 2 heteroatoms. The van der Waals surface area contributed by atoms with Crippen LogP contribution in [0.1, 0.15) is 51.9 Å². The van der Waals surface area contributed by atoms with Gasteiger partial charge in [0.1, 0.15) is 0 Å². The summed E-state index contributed by atoms with van der Waals surface area (Å²) < 4.78 is 0. The smallest absolute Gasteiger partial charge is 0.0132 e. The summed E-state index contributed by atoms with van der Waals surface area (Å²) in [5, 5.41) is 3.83. The van der Waals surface area contributed by atoms with Gasteiger partial charge < -0.3 is 5.32 Å². The van der Waals surface area contributed by atoms with Crippen LogP contribution in [0.15, 0.2) is 0 Å². The van der Waals surface area contributed by atoms with Gasteiger partial charge in [-0.3, -0.25) is 0 Å². The van der Waals surface area contributed by atoms with Gasteiger partial charge in [-0.15, -0.1) is 0 Å². The van der Waals surface area contributed by atoms with Gasteiger partial charge in [0.05, 0.1) is 0 Å². The summed E-state index contributed by atoms with van der Waals surface area (Å²) in [5.74, 6) is 3.40. The maximum atomic E-state index is 3.83. The zero-order valence-corrected chi connectivity index (χ0v) is 11.7. The van der Waals surface area contributed by atoms with Crippen molar-refractivity contribution in [3.8, 4) is 0 Å². The van der Waals surface area contributed by atoms with E-state index in [0.29, 0.717) is 6.04 Å². The Morgan fingerprint density at radius 2 is 1.88 bits per heavy atom. The zero-order chi connectivity index (χ0) is 11.4. The molecule has 1 nitrogen and oxygen atoms in total. The van der Waals surface area contributed by atoms with Gasteiger partial charge in [-0.1, -0.05) is 25.7 Å². The highest BCUT2D eigenvalue weighted by Gasteiger charge is 2.32. The van der Waals surface area contributed by atoms with Crippen LogP contribution in [-0.4, -0.2) is 24.1 Å². The van der Waals surface area contributed by atoms with Crippen LogP contribution < -0.4 is 5.32 Å². The molecule has 0 aromatic rings.